The molecule has 0 unspecified atom stereocenters. The van der Waals surface area contributed by atoms with Crippen LogP contribution in [0.4, 0.5) is 27.5 Å². The largest absolute Gasteiger partial charge is 0.417 e. The normalized spacial score (nSPS) is 10.5. The minimum Gasteiger partial charge on any atom is -0.409 e. The quantitative estimate of drug-likeness (QED) is 0.102. The Morgan fingerprint density at radius 2 is 1.81 bits per heavy atom. The zero-order valence-electron chi connectivity index (χ0n) is 24.1. The van der Waals surface area contributed by atoms with Crippen molar-refractivity contribution in [2.24, 2.45) is 0 Å². The van der Waals surface area contributed by atoms with Gasteiger partial charge in [0.1, 0.15) is 5.75 Å². The van der Waals surface area contributed by atoms with Crippen LogP contribution >= 0.6 is 23.4 Å². The number of aryl methyl sites for hydroxylation is 2. The monoisotopic (exact) mass is 609 g/mol. The van der Waals surface area contributed by atoms with Crippen molar-refractivity contribution in [1.82, 2.24) is 0 Å². The van der Waals surface area contributed by atoms with Gasteiger partial charge < -0.3 is 14.5 Å². The molecule has 0 atom stereocenters. The summed E-state index contributed by atoms with van der Waals surface area (Å²) in [5.74, 6) is -0.250. The van der Waals surface area contributed by atoms with Gasteiger partial charge in [-0.1, -0.05) is 11.6 Å². The summed E-state index contributed by atoms with van der Waals surface area (Å²) in [4.78, 5) is 42.0. The van der Waals surface area contributed by atoms with Crippen LogP contribution in [0.3, 0.4) is 0 Å². The maximum Gasteiger partial charge on any atom is 0.417 e. The third-order valence-electron chi connectivity index (χ3n) is 6.53. The van der Waals surface area contributed by atoms with Gasteiger partial charge >= 0.3 is 6.09 Å². The van der Waals surface area contributed by atoms with Crippen molar-refractivity contribution in [3.63, 3.8) is 0 Å². The van der Waals surface area contributed by atoms with Gasteiger partial charge in [0.15, 0.2) is 0 Å². The summed E-state index contributed by atoms with van der Waals surface area (Å²) in [6.07, 6.45) is -0.551. The summed E-state index contributed by atoms with van der Waals surface area (Å²) in [5.41, 5.74) is 2.61. The summed E-state index contributed by atoms with van der Waals surface area (Å²) in [7, 11) is 1.51. The van der Waals surface area contributed by atoms with Gasteiger partial charge in [-0.15, -0.1) is 11.8 Å². The zero-order valence-corrected chi connectivity index (χ0v) is 25.6. The number of nitrogens with zero attached hydrogens (tertiary/aromatic N) is 4. The topological polar surface area (TPSA) is 129 Å². The molecule has 0 heterocycles. The molecule has 3 aromatic carbocycles. The Morgan fingerprint density at radius 1 is 1.10 bits per heavy atom. The number of nitrogens with one attached hydrogen (secondary N) is 1. The lowest BCUT2D eigenvalue weighted by Gasteiger charge is -2.23. The van der Waals surface area contributed by atoms with E-state index in [4.69, 9.17) is 21.6 Å². The number of hydrogen-bond donors (Lipinski definition) is 1. The van der Waals surface area contributed by atoms with E-state index in [9.17, 15) is 19.7 Å². The van der Waals surface area contributed by atoms with Crippen LogP contribution < -0.4 is 19.9 Å². The highest BCUT2D eigenvalue weighted by atomic mass is 35.5. The van der Waals surface area contributed by atoms with Crippen molar-refractivity contribution >= 4 is 58.1 Å². The lowest BCUT2D eigenvalue weighted by molar-refractivity contribution is -0.384. The van der Waals surface area contributed by atoms with Gasteiger partial charge in [0.2, 0.25) is 0 Å². The van der Waals surface area contributed by atoms with Gasteiger partial charge in [-0.2, -0.15) is 5.26 Å². The molecule has 0 fully saturated rings. The SMILES string of the molecule is CCN(CC)c1ccc(NC(=O)Oc2c(C)cc([N+](=O)[O-])cc2C(=O)N(C)c2ccc(Cl)cc2SCCC#N)c(C)c1. The third-order valence-corrected chi connectivity index (χ3v) is 7.81. The Balaban J connectivity index is 1.95. The first kappa shape index (κ1) is 32.2. The molecule has 1 N–H and O–H groups in total. The number of nitro groups is 1. The van der Waals surface area contributed by atoms with E-state index < -0.39 is 16.9 Å². The van der Waals surface area contributed by atoms with E-state index >= 15 is 0 Å². The van der Waals surface area contributed by atoms with Crippen LogP contribution in [0.15, 0.2) is 53.4 Å². The number of carbonyl (C=O) groups is 2. The fraction of sp³-hybridized carbons (Fsp3) is 0.300. The number of amides is 2. The van der Waals surface area contributed by atoms with Gasteiger partial charge in [0, 0.05) is 65.7 Å². The number of nitro benzene ring substituents is 1. The minimum absolute atomic E-state index is 0.0972. The van der Waals surface area contributed by atoms with Crippen LogP contribution in [0.25, 0.3) is 0 Å². The number of rotatable bonds is 11. The Kier molecular flexibility index (Phi) is 11.2. The standard InChI is InChI=1S/C30H32ClN5O5S/c1-6-35(7-2)22-10-11-25(19(3)15-22)33-30(38)41-28-20(4)16-23(36(39)40)18-24(28)29(37)34(5)26-12-9-21(31)17-27(26)42-14-8-13-32/h9-12,15-18H,6-8,14H2,1-5H3,(H,33,38). The summed E-state index contributed by atoms with van der Waals surface area (Å²) in [6, 6.07) is 15.0. The van der Waals surface area contributed by atoms with E-state index in [1.165, 1.54) is 36.7 Å². The Hall–Kier alpha value is -4.27. The van der Waals surface area contributed by atoms with Crippen LogP contribution in [0.1, 0.15) is 41.8 Å². The number of hydrogen-bond acceptors (Lipinski definition) is 8. The van der Waals surface area contributed by atoms with E-state index in [2.05, 4.69) is 30.1 Å². The van der Waals surface area contributed by atoms with Crippen molar-refractivity contribution < 1.29 is 19.2 Å². The molecule has 0 saturated carbocycles. The number of ether oxygens (including phenoxy) is 1. The number of thioether (sulfide) groups is 1. The van der Waals surface area contributed by atoms with E-state index in [1.54, 1.807) is 24.3 Å². The molecule has 10 nitrogen and oxygen atoms in total. The fourth-order valence-electron chi connectivity index (χ4n) is 4.33. The number of carbonyl (C=O) groups excluding carboxylic acids is 2. The van der Waals surface area contributed by atoms with E-state index in [0.29, 0.717) is 33.5 Å². The summed E-state index contributed by atoms with van der Waals surface area (Å²) in [5, 5.41) is 23.7. The molecular formula is C30H32ClN5O5S. The van der Waals surface area contributed by atoms with Crippen LogP contribution in [-0.4, -0.2) is 42.8 Å². The van der Waals surface area contributed by atoms with E-state index in [1.807, 2.05) is 19.1 Å². The van der Waals surface area contributed by atoms with E-state index in [0.717, 1.165) is 30.4 Å². The van der Waals surface area contributed by atoms with Crippen molar-refractivity contribution in [3.8, 4) is 11.8 Å². The molecule has 0 aromatic heterocycles. The number of anilines is 3. The van der Waals surface area contributed by atoms with Gasteiger partial charge in [-0.3, -0.25) is 20.2 Å². The lowest BCUT2D eigenvalue weighted by Crippen LogP contribution is -2.28. The van der Waals surface area contributed by atoms with Crippen LogP contribution in [0, 0.1) is 35.3 Å². The molecule has 42 heavy (non-hydrogen) atoms. The molecule has 0 aliphatic heterocycles. The first-order valence-electron chi connectivity index (χ1n) is 13.2. The Bertz CT molecular complexity index is 1540. The van der Waals surface area contributed by atoms with Crippen molar-refractivity contribution in [2.45, 2.75) is 39.0 Å². The van der Waals surface area contributed by atoms with Crippen molar-refractivity contribution in [2.75, 3.05) is 41.0 Å². The van der Waals surface area contributed by atoms with Gasteiger partial charge in [0.25, 0.3) is 11.6 Å². The highest BCUT2D eigenvalue weighted by Gasteiger charge is 2.27. The zero-order chi connectivity index (χ0) is 31.0. The first-order valence-corrected chi connectivity index (χ1v) is 14.6. The number of halogens is 1. The smallest absolute Gasteiger partial charge is 0.409 e. The number of non-ortho nitro benzene ring substituents is 1. The van der Waals surface area contributed by atoms with E-state index in [-0.39, 0.29) is 22.6 Å². The summed E-state index contributed by atoms with van der Waals surface area (Å²) in [6.45, 7) is 9.19. The second kappa shape index (κ2) is 14.6. The first-order chi connectivity index (χ1) is 20.0. The van der Waals surface area contributed by atoms with Crippen LogP contribution in [0.5, 0.6) is 5.75 Å². The average molecular weight is 610 g/mol. The third kappa shape index (κ3) is 7.72. The highest BCUT2D eigenvalue weighted by molar-refractivity contribution is 7.99. The summed E-state index contributed by atoms with van der Waals surface area (Å²) >= 11 is 7.54. The predicted molar refractivity (Wildman–Crippen MR) is 167 cm³/mol. The Morgan fingerprint density at radius 3 is 2.43 bits per heavy atom. The average Bonchev–Trinajstić information content (AvgIpc) is 2.95. The van der Waals surface area contributed by atoms with Gasteiger partial charge in [-0.05, 0) is 75.2 Å². The molecule has 0 spiro atoms. The lowest BCUT2D eigenvalue weighted by atomic mass is 10.1. The molecule has 3 rings (SSSR count). The molecule has 12 heteroatoms. The van der Waals surface area contributed by atoms with Gasteiger partial charge in [-0.25, -0.2) is 4.79 Å². The number of nitriles is 1. The maximum absolute atomic E-state index is 13.8. The molecule has 0 bridgehead atoms. The summed E-state index contributed by atoms with van der Waals surface area (Å²) < 4.78 is 5.63. The molecule has 0 radical (unpaired) electrons. The predicted octanol–water partition coefficient (Wildman–Crippen LogP) is 7.60. The molecule has 3 aromatic rings. The molecular weight excluding hydrogens is 578 g/mol. The molecule has 0 saturated heterocycles. The van der Waals surface area contributed by atoms with Crippen molar-refractivity contribution in [1.29, 1.82) is 5.26 Å². The molecule has 0 aliphatic rings. The second-order valence-corrected chi connectivity index (χ2v) is 10.9. The Labute approximate surface area is 254 Å². The fourth-order valence-corrected chi connectivity index (χ4v) is 5.55. The van der Waals surface area contributed by atoms with Gasteiger partial charge in [0.05, 0.1) is 22.2 Å². The second-order valence-electron chi connectivity index (χ2n) is 9.32. The van der Waals surface area contributed by atoms with Crippen molar-refractivity contribution in [3.05, 3.63) is 80.4 Å². The van der Waals surface area contributed by atoms with Crippen LogP contribution in [0.2, 0.25) is 5.02 Å². The molecule has 0 aliphatic carbocycles. The minimum atomic E-state index is -0.846. The number of benzene rings is 3. The van der Waals surface area contributed by atoms with Crippen LogP contribution in [-0.2, 0) is 0 Å². The molecule has 2 amide bonds. The maximum atomic E-state index is 13.8. The highest BCUT2D eigenvalue weighted by Crippen LogP contribution is 2.36. The molecule has 220 valence electrons.